The van der Waals surface area contributed by atoms with Gasteiger partial charge in [-0.05, 0) is 37.0 Å². The predicted molar refractivity (Wildman–Crippen MR) is 80.4 cm³/mol. The molecule has 2 unspecified atom stereocenters. The van der Waals surface area contributed by atoms with Gasteiger partial charge in [-0.15, -0.1) is 0 Å². The van der Waals surface area contributed by atoms with Gasteiger partial charge in [-0.2, -0.15) is 0 Å². The summed E-state index contributed by atoms with van der Waals surface area (Å²) < 4.78 is 34.6. The molecule has 1 aromatic rings. The van der Waals surface area contributed by atoms with Crippen LogP contribution in [0.2, 0.25) is 0 Å². The van der Waals surface area contributed by atoms with E-state index in [0.717, 1.165) is 18.4 Å². The van der Waals surface area contributed by atoms with E-state index in [4.69, 9.17) is 9.47 Å². The highest BCUT2D eigenvalue weighted by Crippen LogP contribution is 2.33. The normalized spacial score (nSPS) is 22.8. The number of aliphatic hydroxyl groups is 1. The van der Waals surface area contributed by atoms with Gasteiger partial charge in [0.15, 0.2) is 11.5 Å². The van der Waals surface area contributed by atoms with Gasteiger partial charge in [0.05, 0.1) is 19.0 Å². The van der Waals surface area contributed by atoms with Crippen LogP contribution in [0.4, 0.5) is 0 Å². The van der Waals surface area contributed by atoms with E-state index in [-0.39, 0.29) is 18.0 Å². The fourth-order valence-corrected chi connectivity index (χ4v) is 3.85. The van der Waals surface area contributed by atoms with Gasteiger partial charge >= 0.3 is 0 Å². The van der Waals surface area contributed by atoms with Gasteiger partial charge in [-0.25, -0.2) is 8.42 Å². The number of hydrogen-bond donors (Lipinski definition) is 1. The van der Waals surface area contributed by atoms with Crippen molar-refractivity contribution in [2.45, 2.75) is 43.6 Å². The molecule has 0 spiro atoms. The minimum absolute atomic E-state index is 0.0724. The van der Waals surface area contributed by atoms with Gasteiger partial charge in [0, 0.05) is 12.7 Å². The van der Waals surface area contributed by atoms with Crippen molar-refractivity contribution in [1.29, 1.82) is 0 Å². The lowest BCUT2D eigenvalue weighted by atomic mass is 9.97. The topological polar surface area (TPSA) is 72.8 Å². The first kappa shape index (κ1) is 16.1. The zero-order valence-electron chi connectivity index (χ0n) is 12.4. The first-order valence-electron chi connectivity index (χ1n) is 7.07. The third kappa shape index (κ3) is 4.11. The molecule has 0 aromatic heterocycles. The Labute approximate surface area is 125 Å². The van der Waals surface area contributed by atoms with E-state index in [1.807, 2.05) is 0 Å². The van der Waals surface area contributed by atoms with Crippen molar-refractivity contribution in [2.24, 2.45) is 0 Å². The second-order valence-electron chi connectivity index (χ2n) is 5.50. The van der Waals surface area contributed by atoms with Crippen molar-refractivity contribution < 1.29 is 23.0 Å². The second kappa shape index (κ2) is 6.66. The molecule has 21 heavy (non-hydrogen) atoms. The standard InChI is InChI=1S/C15H22O5S/c1-19-14-7-6-11(10-16)8-15(14)20-12-4-3-5-13(9-12)21(2,17)18/h6-8,12-13,16H,3-5,9-10H2,1-2H3. The molecule has 2 atom stereocenters. The fraction of sp³-hybridized carbons (Fsp3) is 0.600. The van der Waals surface area contributed by atoms with Gasteiger partial charge in [-0.1, -0.05) is 6.07 Å². The monoisotopic (exact) mass is 314 g/mol. The van der Waals surface area contributed by atoms with Crippen LogP contribution in [0.3, 0.4) is 0 Å². The summed E-state index contributed by atoms with van der Waals surface area (Å²) >= 11 is 0. The molecule has 0 radical (unpaired) electrons. The van der Waals surface area contributed by atoms with E-state index < -0.39 is 9.84 Å². The van der Waals surface area contributed by atoms with Crippen molar-refractivity contribution in [2.75, 3.05) is 13.4 Å². The third-order valence-electron chi connectivity index (χ3n) is 3.89. The summed E-state index contributed by atoms with van der Waals surface area (Å²) in [5, 5.41) is 8.87. The third-order valence-corrected chi connectivity index (χ3v) is 5.53. The molecule has 0 bridgehead atoms. The van der Waals surface area contributed by atoms with Crippen LogP contribution in [0.1, 0.15) is 31.2 Å². The number of benzene rings is 1. The average Bonchev–Trinajstić information content (AvgIpc) is 2.46. The lowest BCUT2D eigenvalue weighted by Gasteiger charge is -2.29. The van der Waals surface area contributed by atoms with E-state index in [9.17, 15) is 13.5 Å². The fourth-order valence-electron chi connectivity index (χ4n) is 2.69. The molecule has 1 fully saturated rings. The minimum atomic E-state index is -3.03. The van der Waals surface area contributed by atoms with Crippen LogP contribution in [0, 0.1) is 0 Å². The predicted octanol–water partition coefficient (Wildman–Crippen LogP) is 1.92. The number of ether oxygens (including phenoxy) is 2. The molecule has 0 aliphatic heterocycles. The molecule has 1 aromatic carbocycles. The molecule has 0 heterocycles. The Kier molecular flexibility index (Phi) is 5.11. The Balaban J connectivity index is 2.14. The van der Waals surface area contributed by atoms with Crippen molar-refractivity contribution in [3.8, 4) is 11.5 Å². The van der Waals surface area contributed by atoms with E-state index in [1.54, 1.807) is 25.3 Å². The molecule has 118 valence electrons. The summed E-state index contributed by atoms with van der Waals surface area (Å²) in [6.07, 6.45) is 4.02. The second-order valence-corrected chi connectivity index (χ2v) is 7.83. The maximum absolute atomic E-state index is 11.7. The lowest BCUT2D eigenvalue weighted by molar-refractivity contribution is 0.150. The molecular weight excluding hydrogens is 292 g/mol. The molecule has 0 saturated heterocycles. The van der Waals surface area contributed by atoms with Crippen molar-refractivity contribution in [3.63, 3.8) is 0 Å². The largest absolute Gasteiger partial charge is 0.493 e. The molecule has 1 aliphatic carbocycles. The number of methoxy groups -OCH3 is 1. The highest BCUT2D eigenvalue weighted by molar-refractivity contribution is 7.91. The Bertz CT molecular complexity index is 582. The maximum atomic E-state index is 11.7. The highest BCUT2D eigenvalue weighted by atomic mass is 32.2. The van der Waals surface area contributed by atoms with Gasteiger partial charge in [0.1, 0.15) is 15.9 Å². The van der Waals surface area contributed by atoms with E-state index >= 15 is 0 Å². The smallest absolute Gasteiger partial charge is 0.161 e. The van der Waals surface area contributed by atoms with Crippen molar-refractivity contribution >= 4 is 9.84 Å². The van der Waals surface area contributed by atoms with Crippen LogP contribution in [-0.2, 0) is 16.4 Å². The molecule has 0 amide bonds. The summed E-state index contributed by atoms with van der Waals surface area (Å²) in [6.45, 7) is -0.0724. The molecule has 2 rings (SSSR count). The SMILES string of the molecule is COc1ccc(CO)cc1OC1CCCC(S(C)(=O)=O)C1. The quantitative estimate of drug-likeness (QED) is 0.899. The number of sulfone groups is 1. The van der Waals surface area contributed by atoms with Gasteiger partial charge in [-0.3, -0.25) is 0 Å². The molecule has 1 N–H and O–H groups in total. The summed E-state index contributed by atoms with van der Waals surface area (Å²) in [5.74, 6) is 1.15. The van der Waals surface area contributed by atoms with Crippen molar-refractivity contribution in [1.82, 2.24) is 0 Å². The first-order valence-corrected chi connectivity index (χ1v) is 9.02. The Morgan fingerprint density at radius 3 is 2.67 bits per heavy atom. The zero-order chi connectivity index (χ0) is 15.5. The Morgan fingerprint density at radius 1 is 1.29 bits per heavy atom. The number of hydrogen-bond acceptors (Lipinski definition) is 5. The van der Waals surface area contributed by atoms with Gasteiger partial charge in [0.2, 0.25) is 0 Å². The first-order chi connectivity index (χ1) is 9.94. The van der Waals surface area contributed by atoms with E-state index in [1.165, 1.54) is 6.26 Å². The summed E-state index contributed by atoms with van der Waals surface area (Å²) in [7, 11) is -1.47. The average molecular weight is 314 g/mol. The van der Waals surface area contributed by atoms with Crippen LogP contribution >= 0.6 is 0 Å². The summed E-state index contributed by atoms with van der Waals surface area (Å²) in [6, 6.07) is 5.26. The van der Waals surface area contributed by atoms with Crippen LogP contribution < -0.4 is 9.47 Å². The Morgan fingerprint density at radius 2 is 2.05 bits per heavy atom. The van der Waals surface area contributed by atoms with Gasteiger partial charge < -0.3 is 14.6 Å². The van der Waals surface area contributed by atoms with Crippen LogP contribution in [-0.4, -0.2) is 38.2 Å². The lowest BCUT2D eigenvalue weighted by Crippen LogP contribution is -2.33. The Hall–Kier alpha value is -1.27. The number of aliphatic hydroxyl groups excluding tert-OH is 1. The van der Waals surface area contributed by atoms with Crippen LogP contribution in [0.25, 0.3) is 0 Å². The summed E-state index contributed by atoms with van der Waals surface area (Å²) in [4.78, 5) is 0. The maximum Gasteiger partial charge on any atom is 0.161 e. The highest BCUT2D eigenvalue weighted by Gasteiger charge is 2.30. The number of rotatable bonds is 5. The van der Waals surface area contributed by atoms with E-state index in [2.05, 4.69) is 0 Å². The molecular formula is C15H22O5S. The van der Waals surface area contributed by atoms with Crippen LogP contribution in [0.15, 0.2) is 18.2 Å². The molecule has 1 aliphatic rings. The van der Waals surface area contributed by atoms with Crippen LogP contribution in [0.5, 0.6) is 11.5 Å². The van der Waals surface area contributed by atoms with E-state index in [0.29, 0.717) is 24.3 Å². The van der Waals surface area contributed by atoms with Crippen molar-refractivity contribution in [3.05, 3.63) is 23.8 Å². The molecule has 1 saturated carbocycles. The molecule has 6 heteroatoms. The zero-order valence-corrected chi connectivity index (χ0v) is 13.2. The minimum Gasteiger partial charge on any atom is -0.493 e. The summed E-state index contributed by atoms with van der Waals surface area (Å²) in [5.41, 5.74) is 0.737. The van der Waals surface area contributed by atoms with Gasteiger partial charge in [0.25, 0.3) is 0 Å². The molecule has 5 nitrogen and oxygen atoms in total.